The van der Waals surface area contributed by atoms with Gasteiger partial charge in [0, 0.05) is 30.5 Å². The molecule has 0 radical (unpaired) electrons. The molecule has 1 aliphatic rings. The number of anilines is 1. The van der Waals surface area contributed by atoms with Crippen molar-refractivity contribution in [2.24, 2.45) is 0 Å². The lowest BCUT2D eigenvalue weighted by molar-refractivity contribution is -0.137. The van der Waals surface area contributed by atoms with Gasteiger partial charge < -0.3 is 10.2 Å². The summed E-state index contributed by atoms with van der Waals surface area (Å²) in [5, 5.41) is 7.60. The molecule has 1 aliphatic heterocycles. The number of aryl methyl sites for hydroxylation is 1. The molecule has 0 unspecified atom stereocenters. The van der Waals surface area contributed by atoms with Crippen LogP contribution in [0.5, 0.6) is 0 Å². The molecule has 1 aromatic carbocycles. The molecule has 0 saturated carbocycles. The number of pyridine rings is 1. The Bertz CT molecular complexity index is 1560. The molecular weight excluding hydrogens is 557 g/mol. The minimum atomic E-state index is -1.34. The quantitative estimate of drug-likeness (QED) is 0.272. The molecule has 4 aromatic rings. The third-order valence-electron chi connectivity index (χ3n) is 6.29. The van der Waals surface area contributed by atoms with E-state index in [0.717, 1.165) is 11.3 Å². The number of amides is 2. The van der Waals surface area contributed by atoms with Gasteiger partial charge in [-0.25, -0.2) is 9.37 Å². The van der Waals surface area contributed by atoms with Crippen LogP contribution in [0.3, 0.4) is 0 Å². The number of hydrogen-bond acceptors (Lipinski definition) is 7. The number of Topliss-reactive ketones (excluding diaryl/α,β-unsaturated/α-hetero) is 1. The minimum Gasteiger partial charge on any atom is -0.326 e. The van der Waals surface area contributed by atoms with E-state index in [4.69, 9.17) is 0 Å². The Morgan fingerprint density at radius 1 is 1.16 bits per heavy atom. The van der Waals surface area contributed by atoms with Crippen LogP contribution in [0.4, 0.5) is 10.2 Å². The van der Waals surface area contributed by atoms with Crippen molar-refractivity contribution in [3.63, 3.8) is 0 Å². The van der Waals surface area contributed by atoms with Gasteiger partial charge in [0.15, 0.2) is 5.78 Å². The SMILES string of the molecule is CC(=O)c1nn(CC(=O)N2C[C@H](F)C[C@H]2C(=O)Nc2cccc(Br)n2)c2ccc(-c3cnc(C)cn3)cc12. The first-order chi connectivity index (χ1) is 18.2. The second kappa shape index (κ2) is 10.4. The largest absolute Gasteiger partial charge is 0.326 e. The summed E-state index contributed by atoms with van der Waals surface area (Å²) >= 11 is 3.24. The molecule has 1 saturated heterocycles. The molecule has 194 valence electrons. The Morgan fingerprint density at radius 2 is 1.97 bits per heavy atom. The molecule has 3 aromatic heterocycles. The number of carbonyl (C=O) groups is 3. The monoisotopic (exact) mass is 579 g/mol. The van der Waals surface area contributed by atoms with Gasteiger partial charge in [0.05, 0.1) is 29.6 Å². The zero-order valence-electron chi connectivity index (χ0n) is 20.6. The fraction of sp³-hybridized carbons (Fsp3) is 0.269. The second-order valence-electron chi connectivity index (χ2n) is 9.07. The smallest absolute Gasteiger partial charge is 0.248 e. The van der Waals surface area contributed by atoms with Gasteiger partial charge in [-0.2, -0.15) is 5.10 Å². The van der Waals surface area contributed by atoms with Gasteiger partial charge in [-0.3, -0.25) is 29.0 Å². The number of rotatable bonds is 6. The van der Waals surface area contributed by atoms with E-state index >= 15 is 0 Å². The Labute approximate surface area is 225 Å². The first kappa shape index (κ1) is 25.6. The van der Waals surface area contributed by atoms with Crippen LogP contribution in [-0.4, -0.2) is 66.0 Å². The highest BCUT2D eigenvalue weighted by atomic mass is 79.9. The van der Waals surface area contributed by atoms with Crippen LogP contribution in [-0.2, 0) is 16.1 Å². The van der Waals surface area contributed by atoms with Crippen LogP contribution >= 0.6 is 15.9 Å². The van der Waals surface area contributed by atoms with Gasteiger partial charge in [0.2, 0.25) is 11.8 Å². The summed E-state index contributed by atoms with van der Waals surface area (Å²) in [6, 6.07) is 9.36. The van der Waals surface area contributed by atoms with Crippen molar-refractivity contribution in [1.82, 2.24) is 29.6 Å². The van der Waals surface area contributed by atoms with Crippen LogP contribution in [0.25, 0.3) is 22.2 Å². The van der Waals surface area contributed by atoms with Gasteiger partial charge in [-0.15, -0.1) is 0 Å². The normalized spacial score (nSPS) is 17.1. The number of halogens is 2. The van der Waals surface area contributed by atoms with E-state index in [9.17, 15) is 18.8 Å². The van der Waals surface area contributed by atoms with E-state index in [0.29, 0.717) is 21.2 Å². The van der Waals surface area contributed by atoms with Crippen molar-refractivity contribution in [3.8, 4) is 11.3 Å². The summed E-state index contributed by atoms with van der Waals surface area (Å²) in [4.78, 5) is 52.7. The predicted octanol–water partition coefficient (Wildman–Crippen LogP) is 3.74. The molecule has 38 heavy (non-hydrogen) atoms. The minimum absolute atomic E-state index is 0.120. The standard InChI is InChI=1S/C26H23BrFN7O3/c1-14-10-30-19(11-29-14)16-6-7-20-18(8-16)25(15(2)36)33-35(20)13-24(37)34-12-17(28)9-21(34)26(38)32-23-5-3-4-22(27)31-23/h3-8,10-11,17,21H,9,12-13H2,1-2H3,(H,31,32,38)/t17-,21+/m1/s1. The lowest BCUT2D eigenvalue weighted by Gasteiger charge is -2.23. The predicted molar refractivity (Wildman–Crippen MR) is 141 cm³/mol. The Kier molecular flexibility index (Phi) is 6.98. The topological polar surface area (TPSA) is 123 Å². The fourth-order valence-corrected chi connectivity index (χ4v) is 4.82. The highest BCUT2D eigenvalue weighted by molar-refractivity contribution is 9.10. The fourth-order valence-electron chi connectivity index (χ4n) is 4.48. The number of nitrogens with zero attached hydrogens (tertiary/aromatic N) is 6. The molecule has 1 fully saturated rings. The van der Waals surface area contributed by atoms with Crippen molar-refractivity contribution in [2.75, 3.05) is 11.9 Å². The van der Waals surface area contributed by atoms with Crippen LogP contribution in [0.2, 0.25) is 0 Å². The number of aromatic nitrogens is 5. The first-order valence-electron chi connectivity index (χ1n) is 11.9. The van der Waals surface area contributed by atoms with Crippen LogP contribution in [0, 0.1) is 6.92 Å². The van der Waals surface area contributed by atoms with Crippen molar-refractivity contribution in [2.45, 2.75) is 39.0 Å². The summed E-state index contributed by atoms with van der Waals surface area (Å²) in [7, 11) is 0. The summed E-state index contributed by atoms with van der Waals surface area (Å²) < 4.78 is 16.3. The average molecular weight is 580 g/mol. The Morgan fingerprint density at radius 3 is 2.68 bits per heavy atom. The zero-order chi connectivity index (χ0) is 27.0. The second-order valence-corrected chi connectivity index (χ2v) is 9.88. The molecule has 10 nitrogen and oxygen atoms in total. The van der Waals surface area contributed by atoms with E-state index in [1.807, 2.05) is 13.0 Å². The van der Waals surface area contributed by atoms with Crippen LogP contribution in [0.15, 0.2) is 53.4 Å². The maximum Gasteiger partial charge on any atom is 0.248 e. The van der Waals surface area contributed by atoms with E-state index in [-0.39, 0.29) is 36.8 Å². The number of carbonyl (C=O) groups excluding carboxylic acids is 3. The maximum absolute atomic E-state index is 14.4. The van der Waals surface area contributed by atoms with Gasteiger partial charge in [-0.1, -0.05) is 12.1 Å². The number of fused-ring (bicyclic) bond motifs is 1. The van der Waals surface area contributed by atoms with Crippen LogP contribution in [0.1, 0.15) is 29.5 Å². The summed E-state index contributed by atoms with van der Waals surface area (Å²) in [5.74, 6) is -0.988. The molecule has 4 heterocycles. The lowest BCUT2D eigenvalue weighted by atomic mass is 10.1. The molecule has 0 spiro atoms. The summed E-state index contributed by atoms with van der Waals surface area (Å²) in [6.45, 7) is 2.76. The van der Waals surface area contributed by atoms with Gasteiger partial charge in [-0.05, 0) is 47.1 Å². The van der Waals surface area contributed by atoms with Gasteiger partial charge in [0.25, 0.3) is 0 Å². The number of ketones is 1. The van der Waals surface area contributed by atoms with Gasteiger partial charge in [0.1, 0.15) is 34.9 Å². The molecule has 0 aliphatic carbocycles. The molecule has 2 amide bonds. The van der Waals surface area contributed by atoms with Crippen molar-refractivity contribution in [3.05, 3.63) is 64.8 Å². The third-order valence-corrected chi connectivity index (χ3v) is 6.73. The summed E-state index contributed by atoms with van der Waals surface area (Å²) in [5.41, 5.74) is 2.92. The van der Waals surface area contributed by atoms with E-state index in [1.165, 1.54) is 16.5 Å². The van der Waals surface area contributed by atoms with Crippen LogP contribution < -0.4 is 5.32 Å². The first-order valence-corrected chi connectivity index (χ1v) is 12.7. The maximum atomic E-state index is 14.4. The zero-order valence-corrected chi connectivity index (χ0v) is 22.1. The molecular formula is C26H23BrFN7O3. The third kappa shape index (κ3) is 5.17. The summed E-state index contributed by atoms with van der Waals surface area (Å²) in [6.07, 6.45) is 1.84. The highest BCUT2D eigenvalue weighted by Crippen LogP contribution is 2.27. The molecule has 2 atom stereocenters. The van der Waals surface area contributed by atoms with E-state index in [2.05, 4.69) is 41.3 Å². The highest BCUT2D eigenvalue weighted by Gasteiger charge is 2.40. The number of benzene rings is 1. The van der Waals surface area contributed by atoms with E-state index in [1.54, 1.807) is 42.7 Å². The van der Waals surface area contributed by atoms with Gasteiger partial charge >= 0.3 is 0 Å². The van der Waals surface area contributed by atoms with Crippen molar-refractivity contribution in [1.29, 1.82) is 0 Å². The number of nitrogens with one attached hydrogen (secondary N) is 1. The molecule has 0 bridgehead atoms. The number of likely N-dealkylation sites (tertiary alicyclic amines) is 1. The Hall–Kier alpha value is -4.06. The number of hydrogen-bond donors (Lipinski definition) is 1. The van der Waals surface area contributed by atoms with Crippen molar-refractivity contribution < 1.29 is 18.8 Å². The average Bonchev–Trinajstić information content (AvgIpc) is 3.45. The van der Waals surface area contributed by atoms with E-state index < -0.39 is 24.0 Å². The van der Waals surface area contributed by atoms with Crippen molar-refractivity contribution >= 4 is 50.2 Å². The molecule has 5 rings (SSSR count). The lowest BCUT2D eigenvalue weighted by Crippen LogP contribution is -2.44. The number of alkyl halides is 1. The molecule has 12 heteroatoms. The molecule has 1 N–H and O–H groups in total. The Balaban J connectivity index is 1.41.